The number of hydrogen-bond donors (Lipinski definition) is 2. The second-order valence-corrected chi connectivity index (χ2v) is 7.66. The molecule has 0 bridgehead atoms. The average Bonchev–Trinajstić information content (AvgIpc) is 2.55. The minimum absolute atomic E-state index is 0.00284. The van der Waals surface area contributed by atoms with Crippen molar-refractivity contribution in [2.75, 3.05) is 6.54 Å². The maximum absolute atomic E-state index is 12.0. The number of hydrogen-bond acceptors (Lipinski definition) is 5. The third-order valence-corrected chi connectivity index (χ3v) is 4.33. The number of unbranched alkanes of at least 4 members (excludes halogenated alkanes) is 3. The zero-order valence-electron chi connectivity index (χ0n) is 17.5. The number of carboxylic acids is 1. The summed E-state index contributed by atoms with van der Waals surface area (Å²) in [7, 11) is 0. The Kier molecular flexibility index (Phi) is 13.3. The molecular weight excluding hydrogens is 350 g/mol. The van der Waals surface area contributed by atoms with Crippen LogP contribution in [0.5, 0.6) is 0 Å². The van der Waals surface area contributed by atoms with E-state index in [0.29, 0.717) is 5.92 Å². The Balaban J connectivity index is 4.47. The van der Waals surface area contributed by atoms with Crippen molar-refractivity contribution < 1.29 is 29.0 Å². The molecule has 0 aromatic heterocycles. The molecule has 27 heavy (non-hydrogen) atoms. The van der Waals surface area contributed by atoms with Gasteiger partial charge in [0.05, 0.1) is 0 Å². The maximum Gasteiger partial charge on any atom is 0.410 e. The normalized spacial score (nSPS) is 14.3. The standard InChI is InChI=1S/C20H37NO6/c1-6-7-8-9-10-15(4)11-17(12-18(23)24)13-21-20(25)27-19(14(2)3)26-16(5)22/h14-15,17,19H,6-13H2,1-5H3,(H,21,25)(H,23,24)/t15-,17+,19+/m1/s1. The van der Waals surface area contributed by atoms with Crippen molar-refractivity contribution >= 4 is 18.0 Å². The molecule has 0 radical (unpaired) electrons. The minimum Gasteiger partial charge on any atom is -0.481 e. The number of ether oxygens (including phenoxy) is 2. The third-order valence-electron chi connectivity index (χ3n) is 4.33. The summed E-state index contributed by atoms with van der Waals surface area (Å²) in [6.07, 6.45) is 4.87. The Morgan fingerprint density at radius 2 is 1.70 bits per heavy atom. The van der Waals surface area contributed by atoms with Gasteiger partial charge in [-0.3, -0.25) is 9.59 Å². The first-order chi connectivity index (χ1) is 12.6. The smallest absolute Gasteiger partial charge is 0.410 e. The zero-order chi connectivity index (χ0) is 20.8. The summed E-state index contributed by atoms with van der Waals surface area (Å²) in [6, 6.07) is 0. The lowest BCUT2D eigenvalue weighted by Gasteiger charge is -2.23. The van der Waals surface area contributed by atoms with Crippen LogP contribution in [-0.4, -0.2) is 36.0 Å². The molecule has 3 atom stereocenters. The number of amides is 1. The zero-order valence-corrected chi connectivity index (χ0v) is 17.5. The lowest BCUT2D eigenvalue weighted by atomic mass is 9.89. The molecule has 0 aromatic carbocycles. The first-order valence-electron chi connectivity index (χ1n) is 9.99. The molecule has 7 nitrogen and oxygen atoms in total. The number of esters is 1. The quantitative estimate of drug-likeness (QED) is 0.261. The van der Waals surface area contributed by atoms with E-state index in [2.05, 4.69) is 19.2 Å². The van der Waals surface area contributed by atoms with E-state index < -0.39 is 24.3 Å². The number of carbonyl (C=O) groups is 3. The van der Waals surface area contributed by atoms with E-state index >= 15 is 0 Å². The van der Waals surface area contributed by atoms with Gasteiger partial charge in [-0.05, 0) is 18.3 Å². The molecule has 0 heterocycles. The van der Waals surface area contributed by atoms with E-state index in [4.69, 9.17) is 14.6 Å². The molecule has 158 valence electrons. The van der Waals surface area contributed by atoms with Gasteiger partial charge in [0, 0.05) is 25.8 Å². The van der Waals surface area contributed by atoms with Gasteiger partial charge < -0.3 is 19.9 Å². The fraction of sp³-hybridized carbons (Fsp3) is 0.850. The van der Waals surface area contributed by atoms with E-state index in [1.165, 1.54) is 26.2 Å². The SMILES string of the molecule is CCCCCC[C@@H](C)C[C@H](CNC(=O)O[C@H](OC(C)=O)C(C)C)CC(=O)O. The van der Waals surface area contributed by atoms with Crippen molar-refractivity contribution in [1.82, 2.24) is 5.32 Å². The summed E-state index contributed by atoms with van der Waals surface area (Å²) in [6.45, 7) is 9.30. The molecular formula is C20H37NO6. The second-order valence-electron chi connectivity index (χ2n) is 7.66. The van der Waals surface area contributed by atoms with Gasteiger partial charge in [0.1, 0.15) is 0 Å². The summed E-state index contributed by atoms with van der Waals surface area (Å²) in [5, 5.41) is 11.7. The molecule has 0 rings (SSSR count). The average molecular weight is 388 g/mol. The van der Waals surface area contributed by atoms with E-state index in [1.807, 2.05) is 0 Å². The minimum atomic E-state index is -0.960. The molecule has 0 fully saturated rings. The molecule has 0 aromatic rings. The molecule has 0 aliphatic heterocycles. The predicted octanol–water partition coefficient (Wildman–Crippen LogP) is 4.35. The fourth-order valence-electron chi connectivity index (χ4n) is 2.93. The Bertz CT molecular complexity index is 452. The van der Waals surface area contributed by atoms with Crippen LogP contribution < -0.4 is 5.32 Å². The number of carbonyl (C=O) groups excluding carboxylic acids is 2. The van der Waals surface area contributed by atoms with Crippen LogP contribution in [0.15, 0.2) is 0 Å². The van der Waals surface area contributed by atoms with Crippen LogP contribution in [0.2, 0.25) is 0 Å². The van der Waals surface area contributed by atoms with Gasteiger partial charge in [-0.15, -0.1) is 0 Å². The molecule has 0 aliphatic rings. The fourth-order valence-corrected chi connectivity index (χ4v) is 2.93. The van der Waals surface area contributed by atoms with Crippen LogP contribution in [0.1, 0.15) is 79.6 Å². The van der Waals surface area contributed by atoms with E-state index in [1.54, 1.807) is 13.8 Å². The van der Waals surface area contributed by atoms with E-state index in [0.717, 1.165) is 19.3 Å². The van der Waals surface area contributed by atoms with Gasteiger partial charge in [-0.25, -0.2) is 4.79 Å². The molecule has 2 N–H and O–H groups in total. The summed E-state index contributed by atoms with van der Waals surface area (Å²) < 4.78 is 10.1. The highest BCUT2D eigenvalue weighted by Gasteiger charge is 2.23. The molecule has 1 amide bonds. The van der Waals surface area contributed by atoms with Crippen molar-refractivity contribution in [2.24, 2.45) is 17.8 Å². The van der Waals surface area contributed by atoms with Crippen molar-refractivity contribution in [3.8, 4) is 0 Å². The number of nitrogens with one attached hydrogen (secondary N) is 1. The molecule has 0 saturated carbocycles. The topological polar surface area (TPSA) is 102 Å². The van der Waals surface area contributed by atoms with Crippen LogP contribution >= 0.6 is 0 Å². The van der Waals surface area contributed by atoms with Gasteiger partial charge in [-0.1, -0.05) is 59.8 Å². The van der Waals surface area contributed by atoms with Gasteiger partial charge in [0.15, 0.2) is 0 Å². The summed E-state index contributed by atoms with van der Waals surface area (Å²) in [4.78, 5) is 34.2. The van der Waals surface area contributed by atoms with Gasteiger partial charge >= 0.3 is 18.0 Å². The van der Waals surface area contributed by atoms with Crippen LogP contribution in [-0.2, 0) is 19.1 Å². The van der Waals surface area contributed by atoms with Crippen LogP contribution in [0.4, 0.5) is 4.79 Å². The van der Waals surface area contributed by atoms with Crippen LogP contribution in [0.3, 0.4) is 0 Å². The predicted molar refractivity (Wildman–Crippen MR) is 103 cm³/mol. The Morgan fingerprint density at radius 3 is 2.22 bits per heavy atom. The van der Waals surface area contributed by atoms with Crippen LogP contribution in [0.25, 0.3) is 0 Å². The monoisotopic (exact) mass is 387 g/mol. The summed E-state index contributed by atoms with van der Waals surface area (Å²) in [5.41, 5.74) is 0. The first-order valence-corrected chi connectivity index (χ1v) is 9.99. The van der Waals surface area contributed by atoms with E-state index in [-0.39, 0.29) is 24.8 Å². The highest BCUT2D eigenvalue weighted by Crippen LogP contribution is 2.21. The maximum atomic E-state index is 12.0. The second kappa shape index (κ2) is 14.3. The highest BCUT2D eigenvalue weighted by molar-refractivity contribution is 5.69. The molecule has 0 unspecified atom stereocenters. The summed E-state index contributed by atoms with van der Waals surface area (Å²) >= 11 is 0. The molecule has 0 spiro atoms. The van der Waals surface area contributed by atoms with Crippen LogP contribution in [0, 0.1) is 17.8 Å². The van der Waals surface area contributed by atoms with Crippen molar-refractivity contribution in [1.29, 1.82) is 0 Å². The first kappa shape index (κ1) is 25.2. The van der Waals surface area contributed by atoms with Gasteiger partial charge in [0.25, 0.3) is 6.29 Å². The molecule has 0 aliphatic carbocycles. The van der Waals surface area contributed by atoms with E-state index in [9.17, 15) is 14.4 Å². The Hall–Kier alpha value is -1.79. The summed E-state index contributed by atoms with van der Waals surface area (Å²) in [5.74, 6) is -1.36. The largest absolute Gasteiger partial charge is 0.481 e. The van der Waals surface area contributed by atoms with Crippen molar-refractivity contribution in [3.05, 3.63) is 0 Å². The number of carboxylic acid groups (broad SMARTS) is 1. The van der Waals surface area contributed by atoms with Gasteiger partial charge in [0.2, 0.25) is 0 Å². The lowest BCUT2D eigenvalue weighted by molar-refractivity contribution is -0.172. The van der Waals surface area contributed by atoms with Gasteiger partial charge in [-0.2, -0.15) is 0 Å². The highest BCUT2D eigenvalue weighted by atomic mass is 16.7. The molecule has 7 heteroatoms. The number of rotatable bonds is 14. The lowest BCUT2D eigenvalue weighted by Crippen LogP contribution is -2.37. The van der Waals surface area contributed by atoms with Crippen molar-refractivity contribution in [3.63, 3.8) is 0 Å². The Morgan fingerprint density at radius 1 is 1.04 bits per heavy atom. The molecule has 0 saturated heterocycles. The van der Waals surface area contributed by atoms with Crippen molar-refractivity contribution in [2.45, 2.75) is 85.9 Å². The number of aliphatic carboxylic acids is 1. The Labute approximate surface area is 163 Å². The third kappa shape index (κ3) is 14.0. The number of alkyl carbamates (subject to hydrolysis) is 1.